The molecule has 1 fully saturated rings. The SMILES string of the molecule is CCc1cc([C@@H](C)Nc2ccc(Cl)nc2C(=O)O)c2nc(N3CCOCC3)c(C#N)nc2c1. The molecule has 1 saturated heterocycles. The van der Waals surface area contributed by atoms with Gasteiger partial charge in [-0.3, -0.25) is 0 Å². The van der Waals surface area contributed by atoms with Gasteiger partial charge >= 0.3 is 5.97 Å². The van der Waals surface area contributed by atoms with Gasteiger partial charge in [-0.05, 0) is 37.1 Å². The lowest BCUT2D eigenvalue weighted by Gasteiger charge is -2.28. The molecule has 0 spiro atoms. The van der Waals surface area contributed by atoms with Crippen LogP contribution in [0.5, 0.6) is 0 Å². The summed E-state index contributed by atoms with van der Waals surface area (Å²) in [6, 6.07) is 8.97. The number of aromatic nitrogens is 3. The number of pyridine rings is 1. The molecule has 1 aliphatic heterocycles. The molecule has 3 aromatic rings. The largest absolute Gasteiger partial charge is 0.476 e. The molecule has 170 valence electrons. The molecule has 0 bridgehead atoms. The van der Waals surface area contributed by atoms with Crippen LogP contribution in [0.2, 0.25) is 5.15 Å². The quantitative estimate of drug-likeness (QED) is 0.521. The van der Waals surface area contributed by atoms with E-state index in [1.165, 1.54) is 0 Å². The standard InChI is InChI=1S/C23H23ClN6O3/c1-3-14-10-15(13(2)26-16-4-5-19(24)28-21(16)23(31)32)20-17(11-14)27-18(12-25)22(29-20)30-6-8-33-9-7-30/h4-5,10-11,13,26H,3,6-9H2,1-2H3,(H,31,32)/t13-/m1/s1. The van der Waals surface area contributed by atoms with E-state index in [9.17, 15) is 15.2 Å². The molecule has 4 rings (SSSR count). The number of aryl methyl sites for hydroxylation is 1. The number of halogens is 1. The van der Waals surface area contributed by atoms with Gasteiger partial charge in [-0.15, -0.1) is 0 Å². The number of nitrogens with one attached hydrogen (secondary N) is 1. The number of ether oxygens (including phenoxy) is 1. The van der Waals surface area contributed by atoms with Gasteiger partial charge in [0.1, 0.15) is 11.2 Å². The summed E-state index contributed by atoms with van der Waals surface area (Å²) in [5, 5.41) is 22.6. The summed E-state index contributed by atoms with van der Waals surface area (Å²) in [7, 11) is 0. The Kier molecular flexibility index (Phi) is 6.58. The first-order valence-electron chi connectivity index (χ1n) is 10.6. The van der Waals surface area contributed by atoms with E-state index in [0.717, 1.165) is 17.5 Å². The average Bonchev–Trinajstić information content (AvgIpc) is 2.83. The Morgan fingerprint density at radius 3 is 2.73 bits per heavy atom. The molecule has 0 aliphatic carbocycles. The molecule has 2 N–H and O–H groups in total. The Balaban J connectivity index is 1.82. The molecule has 1 aromatic carbocycles. The molecule has 1 atom stereocenters. The van der Waals surface area contributed by atoms with Gasteiger partial charge in [0, 0.05) is 18.7 Å². The van der Waals surface area contributed by atoms with Crippen LogP contribution >= 0.6 is 11.6 Å². The number of nitrogens with zero attached hydrogens (tertiary/aromatic N) is 5. The maximum Gasteiger partial charge on any atom is 0.356 e. The van der Waals surface area contributed by atoms with Crippen molar-refractivity contribution in [2.45, 2.75) is 26.3 Å². The van der Waals surface area contributed by atoms with Crippen molar-refractivity contribution < 1.29 is 14.6 Å². The van der Waals surface area contributed by atoms with Crippen LogP contribution in [0, 0.1) is 11.3 Å². The Bertz CT molecular complexity index is 1250. The topological polar surface area (TPSA) is 124 Å². The highest BCUT2D eigenvalue weighted by Gasteiger charge is 2.22. The zero-order valence-electron chi connectivity index (χ0n) is 18.3. The second-order valence-corrected chi connectivity index (χ2v) is 8.10. The van der Waals surface area contributed by atoms with Crippen molar-refractivity contribution in [2.75, 3.05) is 36.5 Å². The fourth-order valence-corrected chi connectivity index (χ4v) is 4.02. The minimum atomic E-state index is -1.17. The molecule has 1 aliphatic rings. The van der Waals surface area contributed by atoms with Gasteiger partial charge in [-0.1, -0.05) is 24.6 Å². The van der Waals surface area contributed by atoms with Gasteiger partial charge in [0.05, 0.1) is 36.0 Å². The zero-order valence-corrected chi connectivity index (χ0v) is 19.1. The Labute approximate surface area is 196 Å². The summed E-state index contributed by atoms with van der Waals surface area (Å²) < 4.78 is 5.43. The zero-order chi connectivity index (χ0) is 23.5. The predicted molar refractivity (Wildman–Crippen MR) is 125 cm³/mol. The molecule has 0 unspecified atom stereocenters. The van der Waals surface area contributed by atoms with E-state index in [2.05, 4.69) is 21.4 Å². The third-order valence-corrected chi connectivity index (χ3v) is 5.78. The third-order valence-electron chi connectivity index (χ3n) is 5.57. The Hall–Kier alpha value is -3.48. The molecular weight excluding hydrogens is 444 g/mol. The summed E-state index contributed by atoms with van der Waals surface area (Å²) in [4.78, 5) is 27.1. The molecule has 0 saturated carbocycles. The van der Waals surface area contributed by atoms with Crippen molar-refractivity contribution in [3.63, 3.8) is 0 Å². The number of aromatic carboxylic acids is 1. The summed E-state index contributed by atoms with van der Waals surface area (Å²) >= 11 is 5.89. The minimum Gasteiger partial charge on any atom is -0.476 e. The lowest BCUT2D eigenvalue weighted by molar-refractivity contribution is 0.0691. The summed E-state index contributed by atoms with van der Waals surface area (Å²) in [6.07, 6.45) is 0.771. The summed E-state index contributed by atoms with van der Waals surface area (Å²) in [6.45, 7) is 6.34. The van der Waals surface area contributed by atoms with E-state index in [1.807, 2.05) is 30.9 Å². The first-order valence-corrected chi connectivity index (χ1v) is 11.0. The Morgan fingerprint density at radius 1 is 1.30 bits per heavy atom. The lowest BCUT2D eigenvalue weighted by atomic mass is 10.0. The van der Waals surface area contributed by atoms with Crippen LogP contribution in [-0.4, -0.2) is 52.3 Å². The predicted octanol–water partition coefficient (Wildman–Crippen LogP) is 3.82. The highest BCUT2D eigenvalue weighted by molar-refractivity contribution is 6.29. The van der Waals surface area contributed by atoms with Crippen LogP contribution in [0.1, 0.15) is 47.2 Å². The van der Waals surface area contributed by atoms with Crippen LogP contribution in [0.25, 0.3) is 11.0 Å². The number of fused-ring (bicyclic) bond motifs is 1. The molecule has 3 heterocycles. The molecule has 0 amide bonds. The van der Waals surface area contributed by atoms with Crippen molar-refractivity contribution in [2.24, 2.45) is 0 Å². The molecule has 9 nitrogen and oxygen atoms in total. The first-order chi connectivity index (χ1) is 15.9. The molecule has 33 heavy (non-hydrogen) atoms. The molecular formula is C23H23ClN6O3. The fourth-order valence-electron chi connectivity index (χ4n) is 3.87. The molecule has 2 aromatic heterocycles. The number of hydrogen-bond donors (Lipinski definition) is 2. The number of hydrogen-bond acceptors (Lipinski definition) is 8. The van der Waals surface area contributed by atoms with Gasteiger partial charge < -0.3 is 20.1 Å². The average molecular weight is 467 g/mol. The fraction of sp³-hybridized carbons (Fsp3) is 0.348. The Morgan fingerprint density at radius 2 is 2.06 bits per heavy atom. The normalized spacial score (nSPS) is 14.7. The van der Waals surface area contributed by atoms with E-state index in [4.69, 9.17) is 21.3 Å². The second kappa shape index (κ2) is 9.57. The molecule has 0 radical (unpaired) electrons. The number of carbonyl (C=O) groups is 1. The van der Waals surface area contributed by atoms with E-state index >= 15 is 0 Å². The van der Waals surface area contributed by atoms with Gasteiger partial charge in [0.15, 0.2) is 17.2 Å². The number of benzene rings is 1. The number of morpholine rings is 1. The van der Waals surface area contributed by atoms with E-state index in [1.54, 1.807) is 12.1 Å². The molecule has 10 heteroatoms. The van der Waals surface area contributed by atoms with Crippen molar-refractivity contribution in [3.8, 4) is 6.07 Å². The number of rotatable bonds is 6. The van der Waals surface area contributed by atoms with Gasteiger partial charge in [-0.2, -0.15) is 5.26 Å². The van der Waals surface area contributed by atoms with Crippen LogP contribution in [0.15, 0.2) is 24.3 Å². The van der Waals surface area contributed by atoms with Crippen molar-refractivity contribution in [1.82, 2.24) is 15.0 Å². The monoisotopic (exact) mass is 466 g/mol. The van der Waals surface area contributed by atoms with Crippen molar-refractivity contribution in [3.05, 3.63) is 51.9 Å². The lowest BCUT2D eigenvalue weighted by Crippen LogP contribution is -2.37. The van der Waals surface area contributed by atoms with Gasteiger partial charge in [0.25, 0.3) is 0 Å². The highest BCUT2D eigenvalue weighted by Crippen LogP contribution is 2.31. The number of carboxylic acid groups (broad SMARTS) is 1. The van der Waals surface area contributed by atoms with Crippen LogP contribution < -0.4 is 10.2 Å². The van der Waals surface area contributed by atoms with Gasteiger partial charge in [-0.25, -0.2) is 19.7 Å². The summed E-state index contributed by atoms with van der Waals surface area (Å²) in [5.74, 6) is -0.641. The van der Waals surface area contributed by atoms with E-state index < -0.39 is 5.97 Å². The summed E-state index contributed by atoms with van der Waals surface area (Å²) in [5.41, 5.74) is 3.64. The number of nitriles is 1. The third kappa shape index (κ3) is 4.67. The maximum atomic E-state index is 11.7. The first kappa shape index (κ1) is 22.7. The van der Waals surface area contributed by atoms with Crippen LogP contribution in [0.3, 0.4) is 0 Å². The van der Waals surface area contributed by atoms with E-state index in [0.29, 0.717) is 48.8 Å². The van der Waals surface area contributed by atoms with Crippen LogP contribution in [-0.2, 0) is 11.2 Å². The maximum absolute atomic E-state index is 11.7. The second-order valence-electron chi connectivity index (χ2n) is 7.71. The smallest absolute Gasteiger partial charge is 0.356 e. The highest BCUT2D eigenvalue weighted by atomic mass is 35.5. The number of carboxylic acids is 1. The van der Waals surface area contributed by atoms with Crippen molar-refractivity contribution in [1.29, 1.82) is 5.26 Å². The van der Waals surface area contributed by atoms with Crippen LogP contribution in [0.4, 0.5) is 11.5 Å². The van der Waals surface area contributed by atoms with Crippen molar-refractivity contribution >= 4 is 40.1 Å². The van der Waals surface area contributed by atoms with Gasteiger partial charge in [0.2, 0.25) is 0 Å². The van der Waals surface area contributed by atoms with E-state index in [-0.39, 0.29) is 22.6 Å². The minimum absolute atomic E-state index is 0.106. The number of anilines is 2.